The third-order valence-corrected chi connectivity index (χ3v) is 4.98. The van der Waals surface area contributed by atoms with Crippen molar-refractivity contribution in [2.24, 2.45) is 7.05 Å². The fourth-order valence-electron chi connectivity index (χ4n) is 3.56. The van der Waals surface area contributed by atoms with Crippen LogP contribution < -0.4 is 5.32 Å². The number of aryl methyl sites for hydroxylation is 1. The van der Waals surface area contributed by atoms with E-state index in [1.807, 2.05) is 17.7 Å². The average Bonchev–Trinajstić information content (AvgIpc) is 2.89. The summed E-state index contributed by atoms with van der Waals surface area (Å²) >= 11 is 0. The van der Waals surface area contributed by atoms with Gasteiger partial charge in [0.1, 0.15) is 0 Å². The van der Waals surface area contributed by atoms with E-state index in [2.05, 4.69) is 36.3 Å². The molecule has 0 aliphatic carbocycles. The lowest BCUT2D eigenvalue weighted by atomic mass is 9.96. The lowest BCUT2D eigenvalue weighted by molar-refractivity contribution is 0.0698. The van der Waals surface area contributed by atoms with Crippen LogP contribution in [0.25, 0.3) is 10.9 Å². The van der Waals surface area contributed by atoms with Crippen LogP contribution in [0, 0.1) is 0 Å². The number of piperazine rings is 1. The van der Waals surface area contributed by atoms with Crippen molar-refractivity contribution in [1.82, 2.24) is 14.8 Å². The Labute approximate surface area is 143 Å². The molecule has 2 aromatic rings. The van der Waals surface area contributed by atoms with Crippen molar-refractivity contribution in [3.05, 3.63) is 35.0 Å². The Bertz CT molecular complexity index is 743. The van der Waals surface area contributed by atoms with Gasteiger partial charge in [-0.2, -0.15) is 0 Å². The second-order valence-electron chi connectivity index (χ2n) is 7.03. The van der Waals surface area contributed by atoms with E-state index in [9.17, 15) is 9.90 Å². The van der Waals surface area contributed by atoms with Crippen molar-refractivity contribution in [1.29, 1.82) is 0 Å². The van der Waals surface area contributed by atoms with Crippen LogP contribution in [0.15, 0.2) is 18.3 Å². The summed E-state index contributed by atoms with van der Waals surface area (Å²) < 4.78 is 1.97. The molecule has 0 amide bonds. The van der Waals surface area contributed by atoms with Gasteiger partial charge < -0.3 is 19.9 Å². The van der Waals surface area contributed by atoms with Gasteiger partial charge in [0.05, 0.1) is 11.1 Å². The number of nitrogens with one attached hydrogen (secondary N) is 1. The zero-order chi connectivity index (χ0) is 17.3. The van der Waals surface area contributed by atoms with Crippen molar-refractivity contribution in [3.63, 3.8) is 0 Å². The molecule has 0 saturated carbocycles. The molecular weight excluding hydrogens is 302 g/mol. The SMILES string of the molecule is CC(C)c1cc(C(=O)O)c2c(c1)c(CCN1CCNCC1)cn2C. The highest BCUT2D eigenvalue weighted by molar-refractivity contribution is 6.04. The van der Waals surface area contributed by atoms with E-state index in [1.54, 1.807) is 0 Å². The quantitative estimate of drug-likeness (QED) is 0.885. The Morgan fingerprint density at radius 2 is 2.00 bits per heavy atom. The Kier molecular flexibility index (Phi) is 4.92. The average molecular weight is 329 g/mol. The molecule has 2 heterocycles. The summed E-state index contributed by atoms with van der Waals surface area (Å²) in [6, 6.07) is 4.01. The largest absolute Gasteiger partial charge is 0.478 e. The van der Waals surface area contributed by atoms with E-state index in [-0.39, 0.29) is 0 Å². The Hall–Kier alpha value is -1.85. The lowest BCUT2D eigenvalue weighted by Crippen LogP contribution is -2.44. The number of nitrogens with zero attached hydrogens (tertiary/aromatic N) is 2. The van der Waals surface area contributed by atoms with E-state index < -0.39 is 5.97 Å². The molecule has 0 atom stereocenters. The summed E-state index contributed by atoms with van der Waals surface area (Å²) in [6.45, 7) is 9.51. The fraction of sp³-hybridized carbons (Fsp3) is 0.526. The van der Waals surface area contributed by atoms with Crippen LogP contribution in [0.1, 0.15) is 41.3 Å². The first kappa shape index (κ1) is 17.0. The van der Waals surface area contributed by atoms with Crippen molar-refractivity contribution in [3.8, 4) is 0 Å². The molecule has 0 spiro atoms. The first-order valence-corrected chi connectivity index (χ1v) is 8.75. The highest BCUT2D eigenvalue weighted by Crippen LogP contribution is 2.29. The maximum atomic E-state index is 11.7. The topological polar surface area (TPSA) is 57.5 Å². The molecule has 1 saturated heterocycles. The van der Waals surface area contributed by atoms with E-state index >= 15 is 0 Å². The van der Waals surface area contributed by atoms with Crippen LogP contribution in [0.4, 0.5) is 0 Å². The number of benzene rings is 1. The van der Waals surface area contributed by atoms with Gasteiger partial charge in [0.25, 0.3) is 0 Å². The predicted octanol–water partition coefficient (Wildman–Crippen LogP) is 2.45. The minimum absolute atomic E-state index is 0.314. The number of carboxylic acid groups (broad SMARTS) is 1. The molecule has 1 aliphatic heterocycles. The predicted molar refractivity (Wildman–Crippen MR) is 97.0 cm³/mol. The molecule has 2 N–H and O–H groups in total. The molecule has 0 radical (unpaired) electrons. The van der Waals surface area contributed by atoms with Gasteiger partial charge in [-0.05, 0) is 35.6 Å². The highest BCUT2D eigenvalue weighted by atomic mass is 16.4. The van der Waals surface area contributed by atoms with E-state index in [1.165, 1.54) is 5.56 Å². The van der Waals surface area contributed by atoms with E-state index in [0.717, 1.165) is 55.6 Å². The number of carboxylic acids is 1. The number of rotatable bonds is 5. The van der Waals surface area contributed by atoms with Gasteiger partial charge in [0, 0.05) is 51.4 Å². The third-order valence-electron chi connectivity index (χ3n) is 4.98. The monoisotopic (exact) mass is 329 g/mol. The lowest BCUT2D eigenvalue weighted by Gasteiger charge is -2.27. The first-order valence-electron chi connectivity index (χ1n) is 8.75. The second kappa shape index (κ2) is 6.95. The summed E-state index contributed by atoms with van der Waals surface area (Å²) in [5.74, 6) is -0.536. The van der Waals surface area contributed by atoms with Crippen molar-refractivity contribution in [2.45, 2.75) is 26.2 Å². The van der Waals surface area contributed by atoms with Gasteiger partial charge >= 0.3 is 5.97 Å². The summed E-state index contributed by atoms with van der Waals surface area (Å²) in [5, 5.41) is 14.1. The minimum atomic E-state index is -0.850. The van der Waals surface area contributed by atoms with Crippen LogP contribution >= 0.6 is 0 Å². The van der Waals surface area contributed by atoms with Gasteiger partial charge in [-0.1, -0.05) is 13.8 Å². The van der Waals surface area contributed by atoms with E-state index in [4.69, 9.17) is 0 Å². The maximum absolute atomic E-state index is 11.7. The molecule has 130 valence electrons. The molecule has 5 nitrogen and oxygen atoms in total. The standard InChI is InChI=1S/C19H27N3O2/c1-13(2)15-10-16-14(4-7-22-8-5-20-6-9-22)12-21(3)18(16)17(11-15)19(23)24/h10-13,20H,4-9H2,1-3H3,(H,23,24). The number of fused-ring (bicyclic) bond motifs is 1. The van der Waals surface area contributed by atoms with Gasteiger partial charge in [-0.15, -0.1) is 0 Å². The fourth-order valence-corrected chi connectivity index (χ4v) is 3.56. The zero-order valence-electron chi connectivity index (χ0n) is 14.8. The summed E-state index contributed by atoms with van der Waals surface area (Å²) in [4.78, 5) is 14.2. The van der Waals surface area contributed by atoms with Gasteiger partial charge in [-0.25, -0.2) is 4.79 Å². The molecule has 0 bridgehead atoms. The molecule has 0 unspecified atom stereocenters. The normalized spacial score (nSPS) is 16.2. The number of aromatic carboxylic acids is 1. The van der Waals surface area contributed by atoms with Crippen LogP contribution in [0.3, 0.4) is 0 Å². The smallest absolute Gasteiger partial charge is 0.337 e. The molecule has 1 aromatic heterocycles. The van der Waals surface area contributed by atoms with Gasteiger partial charge in [0.15, 0.2) is 0 Å². The van der Waals surface area contributed by atoms with E-state index in [0.29, 0.717) is 11.5 Å². The highest BCUT2D eigenvalue weighted by Gasteiger charge is 2.18. The number of aromatic nitrogens is 1. The van der Waals surface area contributed by atoms with Crippen LogP contribution in [-0.2, 0) is 13.5 Å². The molecular formula is C19H27N3O2. The van der Waals surface area contributed by atoms with Crippen LogP contribution in [0.2, 0.25) is 0 Å². The van der Waals surface area contributed by atoms with Gasteiger partial charge in [-0.3, -0.25) is 0 Å². The van der Waals surface area contributed by atoms with Crippen molar-refractivity contribution < 1.29 is 9.90 Å². The second-order valence-corrected chi connectivity index (χ2v) is 7.03. The zero-order valence-corrected chi connectivity index (χ0v) is 14.8. The van der Waals surface area contributed by atoms with Crippen molar-refractivity contribution in [2.75, 3.05) is 32.7 Å². The van der Waals surface area contributed by atoms with Crippen LogP contribution in [0.5, 0.6) is 0 Å². The molecule has 1 fully saturated rings. The molecule has 5 heteroatoms. The minimum Gasteiger partial charge on any atom is -0.478 e. The summed E-state index contributed by atoms with van der Waals surface area (Å²) in [5.41, 5.74) is 3.58. The molecule has 1 aliphatic rings. The number of hydrogen-bond acceptors (Lipinski definition) is 3. The molecule has 3 rings (SSSR count). The Morgan fingerprint density at radius 3 is 2.62 bits per heavy atom. The van der Waals surface area contributed by atoms with Gasteiger partial charge in [0.2, 0.25) is 0 Å². The third kappa shape index (κ3) is 3.32. The first-order chi connectivity index (χ1) is 11.5. The molecule has 1 aromatic carbocycles. The maximum Gasteiger partial charge on any atom is 0.337 e. The van der Waals surface area contributed by atoms with Crippen LogP contribution in [-0.4, -0.2) is 53.3 Å². The number of hydrogen-bond donors (Lipinski definition) is 2. The van der Waals surface area contributed by atoms with Crippen molar-refractivity contribution >= 4 is 16.9 Å². The Morgan fingerprint density at radius 1 is 1.29 bits per heavy atom. The summed E-state index contributed by atoms with van der Waals surface area (Å²) in [6.07, 6.45) is 3.06. The summed E-state index contributed by atoms with van der Waals surface area (Å²) in [7, 11) is 1.94. The Balaban J connectivity index is 1.97. The molecule has 24 heavy (non-hydrogen) atoms. The number of carbonyl (C=O) groups is 1.